The molecule has 1 aliphatic rings. The van der Waals surface area contributed by atoms with Crippen LogP contribution in [0.15, 0.2) is 42.5 Å². The molecule has 0 aliphatic carbocycles. The minimum absolute atomic E-state index is 0.00974. The van der Waals surface area contributed by atoms with Crippen LogP contribution in [0.4, 0.5) is 11.4 Å². The Labute approximate surface area is 218 Å². The van der Waals surface area contributed by atoms with Crippen LogP contribution in [-0.4, -0.2) is 46.5 Å². The number of aromatic hydroxyl groups is 1. The number of carbonyl (C=O) groups is 3. The van der Waals surface area contributed by atoms with Crippen molar-refractivity contribution in [3.63, 3.8) is 0 Å². The number of nitrogen functional groups attached to an aromatic ring is 1. The number of aromatic nitrogens is 1. The molecule has 11 heteroatoms. The summed E-state index contributed by atoms with van der Waals surface area (Å²) in [7, 11) is 0. The number of amides is 3. The second-order valence-electron chi connectivity index (χ2n) is 8.98. The fraction of sp³-hybridized carbons (Fsp3) is 0.308. The van der Waals surface area contributed by atoms with Gasteiger partial charge in [-0.1, -0.05) is 29.8 Å². The zero-order chi connectivity index (χ0) is 26.7. The molecule has 3 amide bonds. The molecule has 3 aromatic rings. The summed E-state index contributed by atoms with van der Waals surface area (Å²) in [5.41, 5.74) is 13.8. The SMILES string of the molecule is Cc1ccc(N(C(=O)c2snc(C(N)=O)c2N)[C@@H](C(=O)NC[C@H]2CCCO2)c2ccc(O)cc2)c(C)c1. The Hall–Kier alpha value is -3.96. The van der Waals surface area contributed by atoms with Crippen molar-refractivity contribution in [2.75, 3.05) is 23.8 Å². The van der Waals surface area contributed by atoms with Gasteiger partial charge in [0, 0.05) is 18.8 Å². The van der Waals surface area contributed by atoms with Crippen molar-refractivity contribution < 1.29 is 24.2 Å². The van der Waals surface area contributed by atoms with E-state index in [4.69, 9.17) is 16.2 Å². The van der Waals surface area contributed by atoms with Crippen LogP contribution in [-0.2, 0) is 9.53 Å². The summed E-state index contributed by atoms with van der Waals surface area (Å²) in [5, 5.41) is 12.8. The van der Waals surface area contributed by atoms with Gasteiger partial charge in [-0.25, -0.2) is 0 Å². The predicted molar refractivity (Wildman–Crippen MR) is 141 cm³/mol. The van der Waals surface area contributed by atoms with Gasteiger partial charge in [-0.3, -0.25) is 19.3 Å². The van der Waals surface area contributed by atoms with Gasteiger partial charge in [0.2, 0.25) is 5.91 Å². The number of hydrogen-bond donors (Lipinski definition) is 4. The fourth-order valence-electron chi connectivity index (χ4n) is 4.37. The van der Waals surface area contributed by atoms with Gasteiger partial charge < -0.3 is 26.6 Å². The van der Waals surface area contributed by atoms with E-state index >= 15 is 0 Å². The quantitative estimate of drug-likeness (QED) is 0.353. The van der Waals surface area contributed by atoms with E-state index in [9.17, 15) is 19.5 Å². The molecule has 1 aromatic heterocycles. The lowest BCUT2D eigenvalue weighted by molar-refractivity contribution is -0.123. The molecule has 0 spiro atoms. The standard InChI is InChI=1S/C26H29N5O5S/c1-14-5-10-19(15(2)12-14)31(26(35)23-20(27)21(24(28)33)30-37-23)22(16-6-8-17(32)9-7-16)25(34)29-13-18-4-3-11-36-18/h5-10,12,18,22,32H,3-4,11,13,27H2,1-2H3,(H2,28,33)(H,29,34)/t18-,22-/m1/s1. The van der Waals surface area contributed by atoms with Crippen molar-refractivity contribution in [3.8, 4) is 5.75 Å². The van der Waals surface area contributed by atoms with Gasteiger partial charge in [0.1, 0.15) is 16.7 Å². The first-order valence-corrected chi connectivity index (χ1v) is 12.6. The van der Waals surface area contributed by atoms with Crippen LogP contribution in [0.5, 0.6) is 5.75 Å². The maximum absolute atomic E-state index is 14.1. The number of aryl methyl sites for hydroxylation is 2. The van der Waals surface area contributed by atoms with Crippen molar-refractivity contribution in [2.24, 2.45) is 5.73 Å². The van der Waals surface area contributed by atoms with E-state index in [0.29, 0.717) is 17.9 Å². The Bertz CT molecular complexity index is 1320. The molecule has 0 unspecified atom stereocenters. The molecule has 194 valence electrons. The fourth-order valence-corrected chi connectivity index (χ4v) is 5.11. The van der Waals surface area contributed by atoms with Gasteiger partial charge in [0.25, 0.3) is 11.8 Å². The molecule has 6 N–H and O–H groups in total. The van der Waals surface area contributed by atoms with Gasteiger partial charge >= 0.3 is 0 Å². The van der Waals surface area contributed by atoms with Crippen molar-refractivity contribution >= 4 is 40.6 Å². The highest BCUT2D eigenvalue weighted by Crippen LogP contribution is 2.35. The van der Waals surface area contributed by atoms with Crippen molar-refractivity contribution in [3.05, 3.63) is 69.7 Å². The van der Waals surface area contributed by atoms with Crippen LogP contribution in [0.25, 0.3) is 0 Å². The average Bonchev–Trinajstić information content (AvgIpc) is 3.52. The van der Waals surface area contributed by atoms with Crippen LogP contribution < -0.4 is 21.7 Å². The molecule has 37 heavy (non-hydrogen) atoms. The molecule has 0 radical (unpaired) electrons. The maximum atomic E-state index is 14.1. The Morgan fingerprint density at radius 1 is 1.22 bits per heavy atom. The minimum Gasteiger partial charge on any atom is -0.508 e. The second kappa shape index (κ2) is 11.0. The summed E-state index contributed by atoms with van der Waals surface area (Å²) in [4.78, 5) is 41.0. The normalized spacial score (nSPS) is 15.8. The lowest BCUT2D eigenvalue weighted by Crippen LogP contribution is -2.46. The first kappa shape index (κ1) is 26.1. The number of rotatable bonds is 8. The number of phenols is 1. The first-order chi connectivity index (χ1) is 17.7. The second-order valence-corrected chi connectivity index (χ2v) is 9.75. The number of nitrogens with two attached hydrogens (primary N) is 2. The van der Waals surface area contributed by atoms with E-state index in [2.05, 4.69) is 9.69 Å². The summed E-state index contributed by atoms with van der Waals surface area (Å²) in [5.74, 6) is -1.88. The number of phenolic OH excluding ortho intramolecular Hbond substituents is 1. The maximum Gasteiger partial charge on any atom is 0.273 e. The summed E-state index contributed by atoms with van der Waals surface area (Å²) in [6.07, 6.45) is 1.64. The Balaban J connectivity index is 1.84. The third-order valence-corrected chi connectivity index (χ3v) is 7.08. The van der Waals surface area contributed by atoms with E-state index in [1.54, 1.807) is 18.2 Å². The molecule has 2 heterocycles. The highest BCUT2D eigenvalue weighted by Gasteiger charge is 2.37. The lowest BCUT2D eigenvalue weighted by atomic mass is 10.00. The number of anilines is 2. The summed E-state index contributed by atoms with van der Waals surface area (Å²) in [6, 6.07) is 10.4. The molecule has 2 aromatic carbocycles. The van der Waals surface area contributed by atoms with Gasteiger partial charge in [-0.05, 0) is 67.5 Å². The Morgan fingerprint density at radius 2 is 1.95 bits per heavy atom. The first-order valence-electron chi connectivity index (χ1n) is 11.8. The molecule has 1 saturated heterocycles. The zero-order valence-corrected chi connectivity index (χ0v) is 21.4. The largest absolute Gasteiger partial charge is 0.508 e. The summed E-state index contributed by atoms with van der Waals surface area (Å²) >= 11 is 0.746. The molecule has 1 aliphatic heterocycles. The molecule has 0 bridgehead atoms. The van der Waals surface area contributed by atoms with Gasteiger partial charge in [-0.15, -0.1) is 0 Å². The van der Waals surface area contributed by atoms with Crippen LogP contribution in [0, 0.1) is 13.8 Å². The van der Waals surface area contributed by atoms with E-state index in [-0.39, 0.29) is 34.7 Å². The van der Waals surface area contributed by atoms with Crippen LogP contribution in [0.1, 0.15) is 55.7 Å². The van der Waals surface area contributed by atoms with Crippen LogP contribution >= 0.6 is 11.5 Å². The number of hydrogen-bond acceptors (Lipinski definition) is 8. The number of nitrogens with one attached hydrogen (secondary N) is 1. The molecular formula is C26H29N5O5S. The third-order valence-electron chi connectivity index (χ3n) is 6.23. The minimum atomic E-state index is -1.13. The number of benzene rings is 2. The molecular weight excluding hydrogens is 494 g/mol. The summed E-state index contributed by atoms with van der Waals surface area (Å²) < 4.78 is 9.61. The van der Waals surface area contributed by atoms with Crippen LogP contribution in [0.3, 0.4) is 0 Å². The summed E-state index contributed by atoms with van der Waals surface area (Å²) in [6.45, 7) is 4.69. The number of ether oxygens (including phenoxy) is 1. The van der Waals surface area contributed by atoms with Crippen molar-refractivity contribution in [1.29, 1.82) is 0 Å². The van der Waals surface area contributed by atoms with Gasteiger partial charge in [0.05, 0.1) is 11.8 Å². The van der Waals surface area contributed by atoms with Gasteiger partial charge in [-0.2, -0.15) is 4.37 Å². The molecule has 4 rings (SSSR count). The van der Waals surface area contributed by atoms with E-state index in [1.165, 1.54) is 17.0 Å². The molecule has 2 atom stereocenters. The monoisotopic (exact) mass is 523 g/mol. The highest BCUT2D eigenvalue weighted by molar-refractivity contribution is 7.09. The molecule has 1 fully saturated rings. The third kappa shape index (κ3) is 5.57. The zero-order valence-electron chi connectivity index (χ0n) is 20.6. The lowest BCUT2D eigenvalue weighted by Gasteiger charge is -2.32. The van der Waals surface area contributed by atoms with E-state index < -0.39 is 23.8 Å². The smallest absolute Gasteiger partial charge is 0.273 e. The van der Waals surface area contributed by atoms with Crippen LogP contribution in [0.2, 0.25) is 0 Å². The topological polar surface area (TPSA) is 161 Å². The number of carbonyl (C=O) groups excluding carboxylic acids is 3. The van der Waals surface area contributed by atoms with Gasteiger partial charge in [0.15, 0.2) is 5.69 Å². The number of primary amides is 1. The molecule has 10 nitrogen and oxygen atoms in total. The predicted octanol–water partition coefficient (Wildman–Crippen LogP) is 2.83. The van der Waals surface area contributed by atoms with E-state index in [0.717, 1.165) is 35.5 Å². The Morgan fingerprint density at radius 3 is 2.54 bits per heavy atom. The Kier molecular flexibility index (Phi) is 7.74. The number of nitrogens with zero attached hydrogens (tertiary/aromatic N) is 2. The molecule has 0 saturated carbocycles. The average molecular weight is 524 g/mol. The highest BCUT2D eigenvalue weighted by atomic mass is 32.1. The van der Waals surface area contributed by atoms with E-state index in [1.807, 2.05) is 26.0 Å². The van der Waals surface area contributed by atoms with Crippen molar-refractivity contribution in [1.82, 2.24) is 9.69 Å². The van der Waals surface area contributed by atoms with Crippen molar-refractivity contribution in [2.45, 2.75) is 38.8 Å².